The normalized spacial score (nSPS) is 13.5. The Bertz CT molecular complexity index is 491. The molecule has 0 saturated carbocycles. The summed E-state index contributed by atoms with van der Waals surface area (Å²) < 4.78 is 1.77. The third-order valence-corrected chi connectivity index (χ3v) is 2.66. The lowest BCUT2D eigenvalue weighted by molar-refractivity contribution is 0.711. The Kier molecular flexibility index (Phi) is 1.58. The van der Waals surface area contributed by atoms with Crippen molar-refractivity contribution in [2.75, 3.05) is 0 Å². The summed E-state index contributed by atoms with van der Waals surface area (Å²) in [5, 5.41) is 12.3. The number of halogens is 1. The first-order valence-electron chi connectivity index (χ1n) is 4.40. The van der Waals surface area contributed by atoms with E-state index in [0.717, 1.165) is 29.4 Å². The van der Waals surface area contributed by atoms with E-state index in [-0.39, 0.29) is 0 Å². The highest BCUT2D eigenvalue weighted by Crippen LogP contribution is 2.24. The standard InChI is InChI=1S/C9H7ClN4/c10-7-2-3-8-6(5-7)1-4-9-11-12-13-14(8)9/h2-3,5H,1,4H2. The SMILES string of the molecule is Clc1ccc2c(c1)CCc1nnnn1-2. The van der Waals surface area contributed by atoms with Crippen LogP contribution in [0.25, 0.3) is 5.69 Å². The molecule has 0 fully saturated rings. The maximum Gasteiger partial charge on any atom is 0.157 e. The van der Waals surface area contributed by atoms with Crippen molar-refractivity contribution < 1.29 is 0 Å². The Labute approximate surface area is 85.5 Å². The first-order chi connectivity index (χ1) is 6.84. The molecule has 0 aliphatic carbocycles. The van der Waals surface area contributed by atoms with E-state index in [1.807, 2.05) is 18.2 Å². The van der Waals surface area contributed by atoms with Gasteiger partial charge in [-0.1, -0.05) is 11.6 Å². The van der Waals surface area contributed by atoms with Crippen LogP contribution in [0.1, 0.15) is 11.4 Å². The fourth-order valence-electron chi connectivity index (χ4n) is 1.76. The first kappa shape index (κ1) is 7.94. The summed E-state index contributed by atoms with van der Waals surface area (Å²) in [6.45, 7) is 0. The highest BCUT2D eigenvalue weighted by Gasteiger charge is 2.17. The van der Waals surface area contributed by atoms with Gasteiger partial charge >= 0.3 is 0 Å². The molecule has 0 unspecified atom stereocenters. The molecule has 0 bridgehead atoms. The molecule has 0 saturated heterocycles. The maximum atomic E-state index is 5.92. The molecule has 4 nitrogen and oxygen atoms in total. The van der Waals surface area contributed by atoms with Crippen LogP contribution in [0, 0.1) is 0 Å². The molecule has 0 N–H and O–H groups in total. The van der Waals surface area contributed by atoms with Crippen LogP contribution >= 0.6 is 11.6 Å². The Morgan fingerprint density at radius 1 is 1.29 bits per heavy atom. The van der Waals surface area contributed by atoms with Gasteiger partial charge in [0.05, 0.1) is 5.69 Å². The van der Waals surface area contributed by atoms with Crippen LogP contribution in [-0.2, 0) is 12.8 Å². The Hall–Kier alpha value is -1.42. The minimum Gasteiger partial charge on any atom is -0.197 e. The number of fused-ring (bicyclic) bond motifs is 3. The van der Waals surface area contributed by atoms with Crippen LogP contribution in [0.15, 0.2) is 18.2 Å². The van der Waals surface area contributed by atoms with Crippen molar-refractivity contribution in [1.82, 2.24) is 20.2 Å². The van der Waals surface area contributed by atoms with Gasteiger partial charge in [-0.25, -0.2) is 0 Å². The third-order valence-electron chi connectivity index (χ3n) is 2.42. The molecule has 0 spiro atoms. The summed E-state index contributed by atoms with van der Waals surface area (Å²) in [7, 11) is 0. The number of benzene rings is 1. The summed E-state index contributed by atoms with van der Waals surface area (Å²) in [5.41, 5.74) is 2.25. The summed E-state index contributed by atoms with van der Waals surface area (Å²) in [4.78, 5) is 0. The van der Waals surface area contributed by atoms with E-state index in [0.29, 0.717) is 0 Å². The molecule has 2 aromatic rings. The summed E-state index contributed by atoms with van der Waals surface area (Å²) in [6, 6.07) is 5.79. The zero-order chi connectivity index (χ0) is 9.54. The molecule has 3 rings (SSSR count). The molecule has 2 heterocycles. The smallest absolute Gasteiger partial charge is 0.157 e. The average molecular weight is 207 g/mol. The highest BCUT2D eigenvalue weighted by atomic mass is 35.5. The lowest BCUT2D eigenvalue weighted by atomic mass is 10.0. The van der Waals surface area contributed by atoms with Crippen LogP contribution in [0.3, 0.4) is 0 Å². The number of tetrazole rings is 1. The molecule has 1 aliphatic heterocycles. The van der Waals surface area contributed by atoms with E-state index in [1.54, 1.807) is 4.68 Å². The largest absolute Gasteiger partial charge is 0.197 e. The Morgan fingerprint density at radius 2 is 2.21 bits per heavy atom. The average Bonchev–Trinajstić information content (AvgIpc) is 2.65. The Balaban J connectivity index is 2.26. The molecule has 1 aliphatic rings. The minimum atomic E-state index is 0.764. The van der Waals surface area contributed by atoms with E-state index in [9.17, 15) is 0 Å². The van der Waals surface area contributed by atoms with Gasteiger partial charge in [-0.3, -0.25) is 0 Å². The van der Waals surface area contributed by atoms with Crippen LogP contribution in [0.5, 0.6) is 0 Å². The molecule has 70 valence electrons. The van der Waals surface area contributed by atoms with Crippen LogP contribution in [-0.4, -0.2) is 20.2 Å². The summed E-state index contributed by atoms with van der Waals surface area (Å²) in [6.07, 6.45) is 1.83. The van der Waals surface area contributed by atoms with E-state index >= 15 is 0 Å². The molecule has 0 atom stereocenters. The van der Waals surface area contributed by atoms with Crippen LogP contribution < -0.4 is 0 Å². The quantitative estimate of drug-likeness (QED) is 0.655. The zero-order valence-electron chi connectivity index (χ0n) is 7.31. The molecular weight excluding hydrogens is 200 g/mol. The molecular formula is C9H7ClN4. The van der Waals surface area contributed by atoms with Crippen molar-refractivity contribution in [2.24, 2.45) is 0 Å². The van der Waals surface area contributed by atoms with Gasteiger partial charge in [-0.15, -0.1) is 5.10 Å². The van der Waals surface area contributed by atoms with Gasteiger partial charge in [0.15, 0.2) is 5.82 Å². The number of aromatic nitrogens is 4. The van der Waals surface area contributed by atoms with Crippen LogP contribution in [0.2, 0.25) is 5.02 Å². The summed E-state index contributed by atoms with van der Waals surface area (Å²) >= 11 is 5.92. The van der Waals surface area contributed by atoms with Crippen molar-refractivity contribution in [2.45, 2.75) is 12.8 Å². The Morgan fingerprint density at radius 3 is 3.14 bits per heavy atom. The number of hydrogen-bond acceptors (Lipinski definition) is 3. The number of nitrogens with zero attached hydrogens (tertiary/aromatic N) is 4. The fraction of sp³-hybridized carbons (Fsp3) is 0.222. The van der Waals surface area contributed by atoms with Gasteiger partial charge in [0.2, 0.25) is 0 Å². The predicted molar refractivity (Wildman–Crippen MR) is 51.6 cm³/mol. The molecule has 1 aromatic heterocycles. The second-order valence-electron chi connectivity index (χ2n) is 3.28. The van der Waals surface area contributed by atoms with E-state index in [4.69, 9.17) is 11.6 Å². The molecule has 0 radical (unpaired) electrons. The lowest BCUT2D eigenvalue weighted by Gasteiger charge is -2.15. The van der Waals surface area contributed by atoms with Crippen molar-refractivity contribution >= 4 is 11.6 Å². The van der Waals surface area contributed by atoms with Crippen molar-refractivity contribution in [1.29, 1.82) is 0 Å². The van der Waals surface area contributed by atoms with Gasteiger partial charge in [0.25, 0.3) is 0 Å². The highest BCUT2D eigenvalue weighted by molar-refractivity contribution is 6.30. The van der Waals surface area contributed by atoms with E-state index in [1.165, 1.54) is 5.56 Å². The van der Waals surface area contributed by atoms with Crippen LogP contribution in [0.4, 0.5) is 0 Å². The van der Waals surface area contributed by atoms with E-state index < -0.39 is 0 Å². The van der Waals surface area contributed by atoms with Crippen molar-refractivity contribution in [3.63, 3.8) is 0 Å². The second kappa shape index (κ2) is 2.78. The van der Waals surface area contributed by atoms with Gasteiger partial charge in [0, 0.05) is 11.4 Å². The topological polar surface area (TPSA) is 43.6 Å². The van der Waals surface area contributed by atoms with Gasteiger partial charge in [0.1, 0.15) is 0 Å². The molecule has 5 heteroatoms. The zero-order valence-corrected chi connectivity index (χ0v) is 8.07. The summed E-state index contributed by atoms with van der Waals surface area (Å²) in [5.74, 6) is 0.917. The molecule has 1 aromatic carbocycles. The first-order valence-corrected chi connectivity index (χ1v) is 4.78. The monoisotopic (exact) mass is 206 g/mol. The van der Waals surface area contributed by atoms with Gasteiger partial charge in [-0.05, 0) is 40.6 Å². The predicted octanol–water partition coefficient (Wildman–Crippen LogP) is 1.41. The number of aryl methyl sites for hydroxylation is 2. The fourth-order valence-corrected chi connectivity index (χ4v) is 1.95. The third kappa shape index (κ3) is 1.04. The lowest BCUT2D eigenvalue weighted by Crippen LogP contribution is -2.13. The van der Waals surface area contributed by atoms with E-state index in [2.05, 4.69) is 15.5 Å². The van der Waals surface area contributed by atoms with Crippen molar-refractivity contribution in [3.05, 3.63) is 34.6 Å². The number of hydrogen-bond donors (Lipinski definition) is 0. The van der Waals surface area contributed by atoms with Crippen molar-refractivity contribution in [3.8, 4) is 5.69 Å². The second-order valence-corrected chi connectivity index (χ2v) is 3.72. The minimum absolute atomic E-state index is 0.764. The van der Waals surface area contributed by atoms with Gasteiger partial charge < -0.3 is 0 Å². The number of rotatable bonds is 0. The molecule has 0 amide bonds. The molecule has 14 heavy (non-hydrogen) atoms. The maximum absolute atomic E-state index is 5.92. The van der Waals surface area contributed by atoms with Gasteiger partial charge in [-0.2, -0.15) is 4.68 Å².